The maximum Gasteiger partial charge on any atom is 0.126 e. The third-order valence-corrected chi connectivity index (χ3v) is 3.53. The van der Waals surface area contributed by atoms with Crippen molar-refractivity contribution in [1.82, 2.24) is 4.98 Å². The van der Waals surface area contributed by atoms with Crippen LogP contribution in [-0.4, -0.2) is 11.0 Å². The minimum atomic E-state index is 0.376. The van der Waals surface area contributed by atoms with Crippen molar-refractivity contribution in [2.75, 3.05) is 5.32 Å². The van der Waals surface area contributed by atoms with Gasteiger partial charge < -0.3 is 5.32 Å². The highest BCUT2D eigenvalue weighted by atomic mass is 35.5. The summed E-state index contributed by atoms with van der Waals surface area (Å²) in [6.45, 7) is 4.63. The third kappa shape index (κ3) is 2.43. The largest absolute Gasteiger partial charge is 0.367 e. The Morgan fingerprint density at radius 2 is 2.27 bits per heavy atom. The van der Waals surface area contributed by atoms with Crippen LogP contribution in [0.4, 0.5) is 5.82 Å². The SMILES string of the molecule is CC1(C)CCCC1Nc1ccc(Cl)cn1. The van der Waals surface area contributed by atoms with Gasteiger partial charge in [0.2, 0.25) is 0 Å². The first-order chi connectivity index (χ1) is 7.08. The molecule has 0 bridgehead atoms. The first-order valence-electron chi connectivity index (χ1n) is 5.46. The molecule has 2 rings (SSSR count). The Kier molecular flexibility index (Phi) is 2.87. The summed E-state index contributed by atoms with van der Waals surface area (Å²) in [6, 6.07) is 4.35. The van der Waals surface area contributed by atoms with Crippen LogP contribution in [0, 0.1) is 5.41 Å². The van der Waals surface area contributed by atoms with Gasteiger partial charge in [-0.2, -0.15) is 0 Å². The van der Waals surface area contributed by atoms with Gasteiger partial charge in [0.05, 0.1) is 5.02 Å². The average Bonchev–Trinajstić information content (AvgIpc) is 2.50. The van der Waals surface area contributed by atoms with E-state index in [1.165, 1.54) is 19.3 Å². The van der Waals surface area contributed by atoms with Gasteiger partial charge in [-0.3, -0.25) is 0 Å². The van der Waals surface area contributed by atoms with E-state index < -0.39 is 0 Å². The van der Waals surface area contributed by atoms with Gasteiger partial charge in [0, 0.05) is 12.2 Å². The molecule has 1 fully saturated rings. The molecule has 2 nitrogen and oxygen atoms in total. The summed E-state index contributed by atoms with van der Waals surface area (Å²) in [7, 11) is 0. The number of nitrogens with zero attached hydrogens (tertiary/aromatic N) is 1. The molecule has 1 saturated carbocycles. The topological polar surface area (TPSA) is 24.9 Å². The third-order valence-electron chi connectivity index (χ3n) is 3.31. The summed E-state index contributed by atoms with van der Waals surface area (Å²) < 4.78 is 0. The zero-order valence-corrected chi connectivity index (χ0v) is 10.0. The summed E-state index contributed by atoms with van der Waals surface area (Å²) in [5.74, 6) is 0.930. The molecule has 3 heteroatoms. The Hall–Kier alpha value is -0.760. The number of rotatable bonds is 2. The van der Waals surface area contributed by atoms with Gasteiger partial charge in [0.15, 0.2) is 0 Å². The monoisotopic (exact) mass is 224 g/mol. The molecule has 1 atom stereocenters. The van der Waals surface area contributed by atoms with Crippen LogP contribution in [0.15, 0.2) is 18.3 Å². The maximum absolute atomic E-state index is 5.79. The van der Waals surface area contributed by atoms with Gasteiger partial charge in [-0.05, 0) is 30.4 Å². The van der Waals surface area contributed by atoms with E-state index in [1.54, 1.807) is 6.20 Å². The van der Waals surface area contributed by atoms with Crippen LogP contribution < -0.4 is 5.32 Å². The zero-order chi connectivity index (χ0) is 10.9. The second kappa shape index (κ2) is 4.01. The molecule has 1 aliphatic rings. The van der Waals surface area contributed by atoms with Crippen LogP contribution in [-0.2, 0) is 0 Å². The number of hydrogen-bond acceptors (Lipinski definition) is 2. The van der Waals surface area contributed by atoms with E-state index in [1.807, 2.05) is 12.1 Å². The second-order valence-electron chi connectivity index (χ2n) is 4.94. The van der Waals surface area contributed by atoms with Crippen LogP contribution >= 0.6 is 11.6 Å². The lowest BCUT2D eigenvalue weighted by Crippen LogP contribution is -2.31. The molecule has 82 valence electrons. The number of halogens is 1. The number of aromatic nitrogens is 1. The molecule has 15 heavy (non-hydrogen) atoms. The highest BCUT2D eigenvalue weighted by Crippen LogP contribution is 2.38. The Morgan fingerprint density at radius 1 is 1.47 bits per heavy atom. The molecule has 1 unspecified atom stereocenters. The molecule has 0 spiro atoms. The Bertz CT molecular complexity index is 332. The molecular weight excluding hydrogens is 208 g/mol. The number of hydrogen-bond donors (Lipinski definition) is 1. The summed E-state index contributed by atoms with van der Waals surface area (Å²) in [5.41, 5.74) is 0.376. The fourth-order valence-corrected chi connectivity index (χ4v) is 2.35. The van der Waals surface area contributed by atoms with Crippen molar-refractivity contribution in [2.45, 2.75) is 39.2 Å². The Labute approximate surface area is 96.1 Å². The van der Waals surface area contributed by atoms with E-state index in [0.29, 0.717) is 16.5 Å². The van der Waals surface area contributed by atoms with Crippen molar-refractivity contribution in [3.8, 4) is 0 Å². The minimum absolute atomic E-state index is 0.376. The molecule has 0 aliphatic heterocycles. The molecule has 0 radical (unpaired) electrons. The fourth-order valence-electron chi connectivity index (χ4n) is 2.23. The van der Waals surface area contributed by atoms with E-state index >= 15 is 0 Å². The molecule has 1 heterocycles. The van der Waals surface area contributed by atoms with E-state index in [-0.39, 0.29) is 0 Å². The highest BCUT2D eigenvalue weighted by Gasteiger charge is 2.34. The van der Waals surface area contributed by atoms with Crippen LogP contribution in [0.3, 0.4) is 0 Å². The van der Waals surface area contributed by atoms with Gasteiger partial charge in [-0.25, -0.2) is 4.98 Å². The lowest BCUT2D eigenvalue weighted by molar-refractivity contribution is 0.349. The van der Waals surface area contributed by atoms with Crippen LogP contribution in [0.2, 0.25) is 5.02 Å². The highest BCUT2D eigenvalue weighted by molar-refractivity contribution is 6.30. The molecule has 0 amide bonds. The van der Waals surface area contributed by atoms with E-state index in [4.69, 9.17) is 11.6 Å². The Morgan fingerprint density at radius 3 is 2.80 bits per heavy atom. The summed E-state index contributed by atoms with van der Waals surface area (Å²) in [6.07, 6.45) is 5.51. The minimum Gasteiger partial charge on any atom is -0.367 e. The van der Waals surface area contributed by atoms with Crippen molar-refractivity contribution < 1.29 is 0 Å². The summed E-state index contributed by atoms with van der Waals surface area (Å²) >= 11 is 5.79. The van der Waals surface area contributed by atoms with Crippen LogP contribution in [0.1, 0.15) is 33.1 Å². The quantitative estimate of drug-likeness (QED) is 0.828. The molecule has 1 aliphatic carbocycles. The van der Waals surface area contributed by atoms with Crippen LogP contribution in [0.5, 0.6) is 0 Å². The standard InChI is InChI=1S/C12H17ClN2/c1-12(2)7-3-4-10(12)15-11-6-5-9(13)8-14-11/h5-6,8,10H,3-4,7H2,1-2H3,(H,14,15). The summed E-state index contributed by atoms with van der Waals surface area (Å²) in [5, 5.41) is 4.17. The van der Waals surface area contributed by atoms with Crippen molar-refractivity contribution in [2.24, 2.45) is 5.41 Å². The van der Waals surface area contributed by atoms with Gasteiger partial charge in [0.25, 0.3) is 0 Å². The average molecular weight is 225 g/mol. The number of anilines is 1. The van der Waals surface area contributed by atoms with Gasteiger partial charge in [-0.15, -0.1) is 0 Å². The number of nitrogens with one attached hydrogen (secondary N) is 1. The lowest BCUT2D eigenvalue weighted by atomic mass is 9.87. The molecule has 1 aromatic rings. The number of pyridine rings is 1. The first-order valence-corrected chi connectivity index (χ1v) is 5.84. The molecular formula is C12H17ClN2. The fraction of sp³-hybridized carbons (Fsp3) is 0.583. The lowest BCUT2D eigenvalue weighted by Gasteiger charge is -2.28. The zero-order valence-electron chi connectivity index (χ0n) is 9.26. The van der Waals surface area contributed by atoms with Crippen LogP contribution in [0.25, 0.3) is 0 Å². The van der Waals surface area contributed by atoms with Crippen molar-refractivity contribution in [3.05, 3.63) is 23.4 Å². The van der Waals surface area contributed by atoms with E-state index in [2.05, 4.69) is 24.1 Å². The smallest absolute Gasteiger partial charge is 0.126 e. The predicted octanol–water partition coefficient (Wildman–Crippen LogP) is 3.73. The van der Waals surface area contributed by atoms with Crippen molar-refractivity contribution >= 4 is 17.4 Å². The molecule has 0 aromatic carbocycles. The van der Waals surface area contributed by atoms with Gasteiger partial charge in [-0.1, -0.05) is 31.9 Å². The van der Waals surface area contributed by atoms with Crippen molar-refractivity contribution in [3.63, 3.8) is 0 Å². The summed E-state index contributed by atoms with van der Waals surface area (Å²) in [4.78, 5) is 4.26. The van der Waals surface area contributed by atoms with E-state index in [0.717, 1.165) is 5.82 Å². The van der Waals surface area contributed by atoms with Crippen molar-refractivity contribution in [1.29, 1.82) is 0 Å². The predicted molar refractivity (Wildman–Crippen MR) is 64.3 cm³/mol. The van der Waals surface area contributed by atoms with Gasteiger partial charge in [0.1, 0.15) is 5.82 Å². The molecule has 1 N–H and O–H groups in total. The molecule has 1 aromatic heterocycles. The maximum atomic E-state index is 5.79. The van der Waals surface area contributed by atoms with E-state index in [9.17, 15) is 0 Å². The second-order valence-corrected chi connectivity index (χ2v) is 5.38. The Balaban J connectivity index is 2.06. The molecule has 0 saturated heterocycles. The normalized spacial score (nSPS) is 24.1. The van der Waals surface area contributed by atoms with Gasteiger partial charge >= 0.3 is 0 Å². The first kappa shape index (κ1) is 10.7.